The SMILES string of the molecule is CC(C)N(C(=O)OC(C)(C)C)c1ncccc1[C@@H]1CCCCN1C(=O)OCc1ccccc1. The molecule has 0 unspecified atom stereocenters. The maximum Gasteiger partial charge on any atom is 0.416 e. The molecule has 1 saturated heterocycles. The minimum atomic E-state index is -0.628. The van der Waals surface area contributed by atoms with Crippen molar-refractivity contribution in [3.05, 3.63) is 59.8 Å². The largest absolute Gasteiger partial charge is 0.445 e. The lowest BCUT2D eigenvalue weighted by Gasteiger charge is -2.37. The Labute approximate surface area is 196 Å². The summed E-state index contributed by atoms with van der Waals surface area (Å²) in [7, 11) is 0. The number of pyridine rings is 1. The Morgan fingerprint density at radius 3 is 2.52 bits per heavy atom. The van der Waals surface area contributed by atoms with Gasteiger partial charge in [0.05, 0.1) is 6.04 Å². The van der Waals surface area contributed by atoms with E-state index in [2.05, 4.69) is 4.98 Å². The van der Waals surface area contributed by atoms with E-state index in [1.165, 1.54) is 0 Å². The number of hydrogen-bond acceptors (Lipinski definition) is 5. The molecule has 1 aromatic carbocycles. The summed E-state index contributed by atoms with van der Waals surface area (Å²) in [6.45, 7) is 10.2. The molecule has 1 aromatic heterocycles. The van der Waals surface area contributed by atoms with Crippen LogP contribution in [0.3, 0.4) is 0 Å². The molecule has 1 atom stereocenters. The lowest BCUT2D eigenvalue weighted by Crippen LogP contribution is -2.44. The first-order valence-corrected chi connectivity index (χ1v) is 11.6. The number of piperidine rings is 1. The van der Waals surface area contributed by atoms with Crippen molar-refractivity contribution in [2.75, 3.05) is 11.4 Å². The predicted octanol–water partition coefficient (Wildman–Crippen LogP) is 6.10. The molecule has 2 aromatic rings. The van der Waals surface area contributed by atoms with Gasteiger partial charge in [0.15, 0.2) is 0 Å². The first-order chi connectivity index (χ1) is 15.7. The van der Waals surface area contributed by atoms with Crippen molar-refractivity contribution in [1.29, 1.82) is 0 Å². The van der Waals surface area contributed by atoms with Crippen molar-refractivity contribution in [3.8, 4) is 0 Å². The van der Waals surface area contributed by atoms with E-state index in [-0.39, 0.29) is 24.8 Å². The Morgan fingerprint density at radius 2 is 1.85 bits per heavy atom. The molecule has 1 aliphatic heterocycles. The van der Waals surface area contributed by atoms with Gasteiger partial charge in [-0.2, -0.15) is 0 Å². The smallest absolute Gasteiger partial charge is 0.416 e. The highest BCUT2D eigenvalue weighted by Gasteiger charge is 2.35. The van der Waals surface area contributed by atoms with Gasteiger partial charge in [-0.15, -0.1) is 0 Å². The number of likely N-dealkylation sites (tertiary alicyclic amines) is 1. The number of nitrogens with zero attached hydrogens (tertiary/aromatic N) is 3. The van der Waals surface area contributed by atoms with Crippen LogP contribution in [-0.2, 0) is 16.1 Å². The van der Waals surface area contributed by atoms with Crippen LogP contribution in [0.5, 0.6) is 0 Å². The Kier molecular flexibility index (Phi) is 7.95. The molecule has 0 saturated carbocycles. The zero-order valence-corrected chi connectivity index (χ0v) is 20.3. The van der Waals surface area contributed by atoms with E-state index in [0.717, 1.165) is 30.4 Å². The fourth-order valence-electron chi connectivity index (χ4n) is 4.00. The summed E-state index contributed by atoms with van der Waals surface area (Å²) in [6.07, 6.45) is 3.53. The zero-order valence-electron chi connectivity index (χ0n) is 20.3. The zero-order chi connectivity index (χ0) is 24.0. The van der Waals surface area contributed by atoms with Crippen molar-refractivity contribution < 1.29 is 19.1 Å². The second-order valence-electron chi connectivity index (χ2n) is 9.61. The monoisotopic (exact) mass is 453 g/mol. The molecule has 7 heteroatoms. The van der Waals surface area contributed by atoms with Gasteiger partial charge in [0.2, 0.25) is 0 Å². The number of aromatic nitrogens is 1. The van der Waals surface area contributed by atoms with E-state index < -0.39 is 11.7 Å². The fourth-order valence-corrected chi connectivity index (χ4v) is 4.00. The quantitative estimate of drug-likeness (QED) is 0.547. The Bertz CT molecular complexity index is 940. The summed E-state index contributed by atoms with van der Waals surface area (Å²) in [5.41, 5.74) is 1.14. The van der Waals surface area contributed by atoms with Crippen molar-refractivity contribution >= 4 is 18.0 Å². The van der Waals surface area contributed by atoms with Crippen LogP contribution in [0, 0.1) is 0 Å². The standard InChI is InChI=1S/C26H35N3O4/c1-19(2)29(25(31)33-26(3,4)5)23-21(14-11-16-27-23)22-15-9-10-17-28(22)24(30)32-18-20-12-7-6-8-13-20/h6-8,11-14,16,19,22H,9-10,15,17-18H2,1-5H3/t22-/m0/s1. The van der Waals surface area contributed by atoms with E-state index in [4.69, 9.17) is 9.47 Å². The summed E-state index contributed by atoms with van der Waals surface area (Å²) >= 11 is 0. The Hall–Kier alpha value is -3.09. The second kappa shape index (κ2) is 10.7. The molecule has 178 valence electrons. The minimum Gasteiger partial charge on any atom is -0.445 e. The van der Waals surface area contributed by atoms with E-state index in [1.54, 1.807) is 16.0 Å². The van der Waals surface area contributed by atoms with Gasteiger partial charge in [-0.05, 0) is 65.5 Å². The average Bonchev–Trinajstić information content (AvgIpc) is 2.77. The molecule has 1 aliphatic rings. The molecule has 3 rings (SSSR count). The van der Waals surface area contributed by atoms with Crippen LogP contribution in [0.4, 0.5) is 15.4 Å². The third kappa shape index (κ3) is 6.46. The molecule has 1 fully saturated rings. The number of carbonyl (C=O) groups excluding carboxylic acids is 2. The Balaban J connectivity index is 1.87. The summed E-state index contributed by atoms with van der Waals surface area (Å²) < 4.78 is 11.3. The molecule has 0 bridgehead atoms. The number of carbonyl (C=O) groups is 2. The van der Waals surface area contributed by atoms with Crippen LogP contribution < -0.4 is 4.90 Å². The average molecular weight is 454 g/mol. The lowest BCUT2D eigenvalue weighted by molar-refractivity contribution is 0.0567. The highest BCUT2D eigenvalue weighted by atomic mass is 16.6. The Morgan fingerprint density at radius 1 is 1.12 bits per heavy atom. The summed E-state index contributed by atoms with van der Waals surface area (Å²) in [5, 5.41) is 0. The topological polar surface area (TPSA) is 72.0 Å². The highest BCUT2D eigenvalue weighted by molar-refractivity contribution is 5.88. The fraction of sp³-hybridized carbons (Fsp3) is 0.500. The maximum atomic E-state index is 13.1. The van der Waals surface area contributed by atoms with Gasteiger partial charge >= 0.3 is 12.2 Å². The first-order valence-electron chi connectivity index (χ1n) is 11.6. The van der Waals surface area contributed by atoms with Crippen molar-refractivity contribution in [2.24, 2.45) is 0 Å². The normalized spacial score (nSPS) is 16.4. The molecular formula is C26H35N3O4. The predicted molar refractivity (Wildman–Crippen MR) is 128 cm³/mol. The van der Waals surface area contributed by atoms with Gasteiger partial charge in [-0.1, -0.05) is 36.4 Å². The van der Waals surface area contributed by atoms with Crippen molar-refractivity contribution in [3.63, 3.8) is 0 Å². The molecule has 0 spiro atoms. The number of rotatable bonds is 5. The van der Waals surface area contributed by atoms with Gasteiger partial charge in [-0.25, -0.2) is 14.6 Å². The van der Waals surface area contributed by atoms with Crippen LogP contribution in [0.2, 0.25) is 0 Å². The molecule has 0 aliphatic carbocycles. The molecule has 2 heterocycles. The molecule has 33 heavy (non-hydrogen) atoms. The number of hydrogen-bond donors (Lipinski definition) is 0. The lowest BCUT2D eigenvalue weighted by atomic mass is 9.95. The third-order valence-corrected chi connectivity index (χ3v) is 5.45. The maximum absolute atomic E-state index is 13.1. The summed E-state index contributed by atoms with van der Waals surface area (Å²) in [4.78, 5) is 34.0. The third-order valence-electron chi connectivity index (χ3n) is 5.45. The minimum absolute atomic E-state index is 0.171. The van der Waals surface area contributed by atoms with Crippen molar-refractivity contribution in [2.45, 2.75) is 78.2 Å². The van der Waals surface area contributed by atoms with Crippen LogP contribution in [0.1, 0.15) is 71.0 Å². The van der Waals surface area contributed by atoms with Gasteiger partial charge < -0.3 is 14.4 Å². The molecule has 2 amide bonds. The second-order valence-corrected chi connectivity index (χ2v) is 9.61. The number of amides is 2. The van der Waals surface area contributed by atoms with Gasteiger partial charge in [-0.3, -0.25) is 4.90 Å². The summed E-state index contributed by atoms with van der Waals surface area (Å²) in [5.74, 6) is 0.523. The van der Waals surface area contributed by atoms with Crippen LogP contribution in [-0.4, -0.2) is 40.3 Å². The number of ether oxygens (including phenoxy) is 2. The highest BCUT2D eigenvalue weighted by Crippen LogP contribution is 2.37. The van der Waals surface area contributed by atoms with Crippen LogP contribution >= 0.6 is 0 Å². The molecule has 0 N–H and O–H groups in total. The van der Waals surface area contributed by atoms with Gasteiger partial charge in [0.25, 0.3) is 0 Å². The van der Waals surface area contributed by atoms with E-state index >= 15 is 0 Å². The van der Waals surface area contributed by atoms with E-state index in [0.29, 0.717) is 12.4 Å². The van der Waals surface area contributed by atoms with Crippen molar-refractivity contribution in [1.82, 2.24) is 9.88 Å². The number of benzene rings is 1. The van der Waals surface area contributed by atoms with Gasteiger partial charge in [0.1, 0.15) is 18.0 Å². The first kappa shape index (κ1) is 24.6. The molecule has 7 nitrogen and oxygen atoms in total. The van der Waals surface area contributed by atoms with E-state index in [9.17, 15) is 9.59 Å². The number of anilines is 1. The van der Waals surface area contributed by atoms with Gasteiger partial charge in [0, 0.05) is 24.3 Å². The van der Waals surface area contributed by atoms with Crippen LogP contribution in [0.15, 0.2) is 48.7 Å². The summed E-state index contributed by atoms with van der Waals surface area (Å²) in [6, 6.07) is 13.0. The van der Waals surface area contributed by atoms with Crippen LogP contribution in [0.25, 0.3) is 0 Å². The molecular weight excluding hydrogens is 418 g/mol. The molecule has 0 radical (unpaired) electrons. The van der Waals surface area contributed by atoms with E-state index in [1.807, 2.05) is 77.1 Å².